The molecule has 5 heteroatoms. The third kappa shape index (κ3) is 6.06. The largest absolute Gasteiger partial charge is 0.368 e. The lowest BCUT2D eigenvalue weighted by Gasteiger charge is -2.37. The molecule has 0 radical (unpaired) electrons. The van der Waals surface area contributed by atoms with Crippen LogP contribution in [0.15, 0.2) is 24.3 Å². The average Bonchev–Trinajstić information content (AvgIpc) is 3.50. The Kier molecular flexibility index (Phi) is 7.11. The summed E-state index contributed by atoms with van der Waals surface area (Å²) >= 11 is 0. The summed E-state index contributed by atoms with van der Waals surface area (Å²) in [5.74, 6) is 1.96. The van der Waals surface area contributed by atoms with Gasteiger partial charge in [-0.25, -0.2) is 0 Å². The molecule has 2 aliphatic carbocycles. The third-order valence-corrected chi connectivity index (χ3v) is 6.02. The van der Waals surface area contributed by atoms with E-state index in [1.54, 1.807) is 0 Å². The Bertz CT molecular complexity index is 684. The van der Waals surface area contributed by atoms with Crippen molar-refractivity contribution in [1.29, 1.82) is 0 Å². The predicted octanol–water partition coefficient (Wildman–Crippen LogP) is 4.13. The molecule has 2 amide bonds. The van der Waals surface area contributed by atoms with Crippen LogP contribution in [0.25, 0.3) is 0 Å². The Morgan fingerprint density at radius 1 is 1.18 bits per heavy atom. The Morgan fingerprint density at radius 2 is 1.96 bits per heavy atom. The molecule has 0 aliphatic heterocycles. The van der Waals surface area contributed by atoms with Gasteiger partial charge in [0, 0.05) is 18.2 Å². The van der Waals surface area contributed by atoms with E-state index in [9.17, 15) is 9.59 Å². The monoisotopic (exact) mass is 386 g/mol. The molecule has 0 heterocycles. The molecule has 0 bridgehead atoms. The Hall–Kier alpha value is -1.88. The molecule has 2 N–H and O–H groups in total. The second-order valence-corrected chi connectivity index (χ2v) is 8.92. The van der Waals surface area contributed by atoms with Gasteiger partial charge in [-0.15, -0.1) is 0 Å². The number of hydrogen-bond acceptors (Lipinski definition) is 3. The van der Waals surface area contributed by atoms with Crippen LogP contribution < -0.4 is 10.6 Å². The normalized spacial score (nSPS) is 24.8. The summed E-state index contributed by atoms with van der Waals surface area (Å²) < 4.78 is 6.02. The van der Waals surface area contributed by atoms with Gasteiger partial charge >= 0.3 is 0 Å². The van der Waals surface area contributed by atoms with E-state index in [2.05, 4.69) is 31.4 Å². The molecule has 1 aromatic rings. The fraction of sp³-hybridized carbons (Fsp3) is 0.652. The lowest BCUT2D eigenvalue weighted by molar-refractivity contribution is -0.131. The van der Waals surface area contributed by atoms with Gasteiger partial charge in [0.1, 0.15) is 6.61 Å². The minimum Gasteiger partial charge on any atom is -0.368 e. The maximum atomic E-state index is 12.3. The molecule has 3 rings (SSSR count). The molecule has 2 aliphatic rings. The first kappa shape index (κ1) is 20.8. The first-order valence-electron chi connectivity index (χ1n) is 10.7. The van der Waals surface area contributed by atoms with Gasteiger partial charge in [0.05, 0.1) is 6.10 Å². The molecule has 0 spiro atoms. The van der Waals surface area contributed by atoms with E-state index in [1.807, 2.05) is 24.3 Å². The van der Waals surface area contributed by atoms with Crippen molar-refractivity contribution < 1.29 is 14.3 Å². The highest BCUT2D eigenvalue weighted by Gasteiger charge is 2.32. The van der Waals surface area contributed by atoms with Crippen LogP contribution in [0.1, 0.15) is 58.4 Å². The molecular formula is C23H34N2O3. The molecule has 154 valence electrons. The number of nitrogens with one attached hydrogen (secondary N) is 2. The van der Waals surface area contributed by atoms with Crippen molar-refractivity contribution in [3.05, 3.63) is 29.8 Å². The van der Waals surface area contributed by atoms with Crippen LogP contribution in [0.3, 0.4) is 0 Å². The SMILES string of the molecule is CC(C)[C@H]1CC[C@@H](C)C[C@@H]1OCC(=O)NCc1cccc(NC(=O)C2CC2)c1. The minimum absolute atomic E-state index is 0.0897. The van der Waals surface area contributed by atoms with E-state index in [0.29, 0.717) is 24.3 Å². The van der Waals surface area contributed by atoms with Gasteiger partial charge in [-0.3, -0.25) is 9.59 Å². The van der Waals surface area contributed by atoms with Crippen LogP contribution in [0.5, 0.6) is 0 Å². The van der Waals surface area contributed by atoms with Crippen LogP contribution >= 0.6 is 0 Å². The van der Waals surface area contributed by atoms with Crippen molar-refractivity contribution in [3.8, 4) is 0 Å². The Labute approximate surface area is 168 Å². The number of hydrogen-bond donors (Lipinski definition) is 2. The number of anilines is 1. The quantitative estimate of drug-likeness (QED) is 0.706. The fourth-order valence-corrected chi connectivity index (χ4v) is 4.09. The van der Waals surface area contributed by atoms with Gasteiger partial charge in [0.2, 0.25) is 11.8 Å². The summed E-state index contributed by atoms with van der Waals surface area (Å²) in [4.78, 5) is 24.2. The van der Waals surface area contributed by atoms with E-state index in [1.165, 1.54) is 12.8 Å². The molecule has 0 aromatic heterocycles. The maximum absolute atomic E-state index is 12.3. The van der Waals surface area contributed by atoms with Crippen LogP contribution in [-0.4, -0.2) is 24.5 Å². The van der Waals surface area contributed by atoms with Crippen LogP contribution in [0, 0.1) is 23.7 Å². The molecule has 3 atom stereocenters. The highest BCUT2D eigenvalue weighted by Crippen LogP contribution is 2.35. The second-order valence-electron chi connectivity index (χ2n) is 8.92. The minimum atomic E-state index is -0.0897. The van der Waals surface area contributed by atoms with E-state index < -0.39 is 0 Å². The van der Waals surface area contributed by atoms with Crippen molar-refractivity contribution >= 4 is 17.5 Å². The van der Waals surface area contributed by atoms with Gasteiger partial charge in [0.25, 0.3) is 0 Å². The summed E-state index contributed by atoms with van der Waals surface area (Å²) in [6.07, 6.45) is 5.62. The lowest BCUT2D eigenvalue weighted by Crippen LogP contribution is -2.37. The molecule has 0 saturated heterocycles. The smallest absolute Gasteiger partial charge is 0.246 e. The average molecular weight is 387 g/mol. The highest BCUT2D eigenvalue weighted by molar-refractivity contribution is 5.94. The van der Waals surface area contributed by atoms with Crippen LogP contribution in [0.4, 0.5) is 5.69 Å². The lowest BCUT2D eigenvalue weighted by atomic mass is 9.75. The number of benzene rings is 1. The number of ether oxygens (including phenoxy) is 1. The summed E-state index contributed by atoms with van der Waals surface area (Å²) in [5.41, 5.74) is 1.75. The zero-order valence-electron chi connectivity index (χ0n) is 17.4. The zero-order valence-corrected chi connectivity index (χ0v) is 17.4. The Morgan fingerprint density at radius 3 is 2.68 bits per heavy atom. The number of carbonyl (C=O) groups excluding carboxylic acids is 2. The zero-order chi connectivity index (χ0) is 20.1. The third-order valence-electron chi connectivity index (χ3n) is 6.02. The highest BCUT2D eigenvalue weighted by atomic mass is 16.5. The van der Waals surface area contributed by atoms with Gasteiger partial charge in [-0.1, -0.05) is 39.3 Å². The molecule has 2 saturated carbocycles. The Balaban J connectivity index is 1.44. The van der Waals surface area contributed by atoms with Crippen molar-refractivity contribution in [2.45, 2.75) is 65.5 Å². The first-order valence-corrected chi connectivity index (χ1v) is 10.7. The van der Waals surface area contributed by atoms with Crippen LogP contribution in [0.2, 0.25) is 0 Å². The van der Waals surface area contributed by atoms with E-state index in [4.69, 9.17) is 4.74 Å². The maximum Gasteiger partial charge on any atom is 0.246 e. The summed E-state index contributed by atoms with van der Waals surface area (Å²) in [5, 5.41) is 5.88. The molecule has 1 aromatic carbocycles. The van der Waals surface area contributed by atoms with Crippen molar-refractivity contribution in [3.63, 3.8) is 0 Å². The molecule has 5 nitrogen and oxygen atoms in total. The fourth-order valence-electron chi connectivity index (χ4n) is 4.09. The first-order chi connectivity index (χ1) is 13.4. The number of carbonyl (C=O) groups is 2. The van der Waals surface area contributed by atoms with Crippen molar-refractivity contribution in [1.82, 2.24) is 5.32 Å². The van der Waals surface area contributed by atoms with Crippen molar-refractivity contribution in [2.24, 2.45) is 23.7 Å². The van der Waals surface area contributed by atoms with Gasteiger partial charge in [-0.05, 0) is 61.1 Å². The molecule has 0 unspecified atom stereocenters. The molecular weight excluding hydrogens is 352 g/mol. The standard InChI is InChI=1S/C23H34N2O3/c1-15(2)20-10-7-16(3)11-21(20)28-14-22(26)24-13-17-5-4-6-19(12-17)25-23(27)18-8-9-18/h4-6,12,15-16,18,20-21H,7-11,13-14H2,1-3H3,(H,24,26)(H,25,27)/t16-,20-,21+/m1/s1. The van der Waals surface area contributed by atoms with Crippen LogP contribution in [-0.2, 0) is 20.9 Å². The van der Waals surface area contributed by atoms with E-state index in [-0.39, 0.29) is 30.4 Å². The molecule has 2 fully saturated rings. The summed E-state index contributed by atoms with van der Waals surface area (Å²) in [7, 11) is 0. The van der Waals surface area contributed by atoms with Gasteiger partial charge in [-0.2, -0.15) is 0 Å². The van der Waals surface area contributed by atoms with E-state index in [0.717, 1.165) is 30.5 Å². The topological polar surface area (TPSA) is 67.4 Å². The number of amides is 2. The second kappa shape index (κ2) is 9.55. The predicted molar refractivity (Wildman–Crippen MR) is 111 cm³/mol. The van der Waals surface area contributed by atoms with Crippen molar-refractivity contribution in [2.75, 3.05) is 11.9 Å². The number of rotatable bonds is 8. The summed E-state index contributed by atoms with van der Waals surface area (Å²) in [6.45, 7) is 7.29. The summed E-state index contributed by atoms with van der Waals surface area (Å²) in [6, 6.07) is 7.65. The van der Waals surface area contributed by atoms with E-state index >= 15 is 0 Å². The van der Waals surface area contributed by atoms with Gasteiger partial charge in [0.15, 0.2) is 0 Å². The van der Waals surface area contributed by atoms with Gasteiger partial charge < -0.3 is 15.4 Å². The molecule has 28 heavy (non-hydrogen) atoms.